The number of nitrogens with one attached hydrogen (secondary N) is 1. The second-order valence-electron chi connectivity index (χ2n) is 9.61. The maximum atomic E-state index is 6.27. The highest BCUT2D eigenvalue weighted by Gasteiger charge is 2.18. The first-order chi connectivity index (χ1) is 17.0. The summed E-state index contributed by atoms with van der Waals surface area (Å²) in [7, 11) is 0. The summed E-state index contributed by atoms with van der Waals surface area (Å²) in [6.07, 6.45) is 0.599. The van der Waals surface area contributed by atoms with E-state index in [1.165, 1.54) is 5.69 Å². The molecule has 4 aromatic rings. The van der Waals surface area contributed by atoms with Gasteiger partial charge in [-0.25, -0.2) is 4.98 Å². The molecule has 1 fully saturated rings. The fourth-order valence-corrected chi connectivity index (χ4v) is 4.70. The average Bonchev–Trinajstić information content (AvgIpc) is 3.50. The van der Waals surface area contributed by atoms with Gasteiger partial charge in [-0.3, -0.25) is 0 Å². The Morgan fingerprint density at radius 2 is 1.89 bits per heavy atom. The molecule has 0 atom stereocenters. The van der Waals surface area contributed by atoms with E-state index >= 15 is 0 Å². The van der Waals surface area contributed by atoms with Gasteiger partial charge in [-0.15, -0.1) is 0 Å². The topological polar surface area (TPSA) is 57.5 Å². The predicted octanol–water partition coefficient (Wildman–Crippen LogP) is 6.24. The summed E-state index contributed by atoms with van der Waals surface area (Å²) in [6.45, 7) is 12.6. The minimum atomic E-state index is 0.447. The van der Waals surface area contributed by atoms with E-state index in [-0.39, 0.29) is 0 Å². The Bertz CT molecular complexity index is 1290. The van der Waals surface area contributed by atoms with Gasteiger partial charge in [0.1, 0.15) is 11.5 Å². The number of rotatable bonds is 8. The maximum absolute atomic E-state index is 6.27. The van der Waals surface area contributed by atoms with E-state index < -0.39 is 0 Å². The van der Waals surface area contributed by atoms with Gasteiger partial charge in [-0.1, -0.05) is 32.4 Å². The van der Waals surface area contributed by atoms with Crippen molar-refractivity contribution in [1.82, 2.24) is 14.9 Å². The molecule has 184 valence electrons. The summed E-state index contributed by atoms with van der Waals surface area (Å²) in [5.41, 5.74) is 4.20. The molecule has 1 N–H and O–H groups in total. The fraction of sp³-hybridized carbons (Fsp3) is 0.393. The van der Waals surface area contributed by atoms with Crippen LogP contribution in [-0.4, -0.2) is 54.2 Å². The quantitative estimate of drug-likeness (QED) is 0.315. The zero-order chi connectivity index (χ0) is 24.4. The van der Waals surface area contributed by atoms with Crippen molar-refractivity contribution in [1.29, 1.82) is 0 Å². The minimum absolute atomic E-state index is 0.447. The summed E-state index contributed by atoms with van der Waals surface area (Å²) in [4.78, 5) is 13.2. The Hall–Kier alpha value is -2.96. The van der Waals surface area contributed by atoms with Crippen LogP contribution in [0.25, 0.3) is 22.6 Å². The third-order valence-corrected chi connectivity index (χ3v) is 6.74. The van der Waals surface area contributed by atoms with E-state index in [9.17, 15) is 0 Å². The number of furan rings is 1. The van der Waals surface area contributed by atoms with Gasteiger partial charge in [0.05, 0.1) is 17.6 Å². The number of likely N-dealkylation sites (N-methyl/N-ethyl adjacent to an activating group) is 1. The number of imidazole rings is 1. The molecule has 2 aromatic carbocycles. The number of benzene rings is 2. The van der Waals surface area contributed by atoms with Crippen LogP contribution in [0.5, 0.6) is 5.75 Å². The van der Waals surface area contributed by atoms with Gasteiger partial charge in [0, 0.05) is 48.9 Å². The van der Waals surface area contributed by atoms with Crippen molar-refractivity contribution in [3.8, 4) is 17.3 Å². The molecule has 0 bridgehead atoms. The maximum Gasteiger partial charge on any atom is 0.174 e. The number of anilines is 1. The van der Waals surface area contributed by atoms with Crippen LogP contribution in [-0.2, 0) is 6.42 Å². The van der Waals surface area contributed by atoms with Crippen molar-refractivity contribution in [3.63, 3.8) is 0 Å². The Labute approximate surface area is 211 Å². The third-order valence-electron chi connectivity index (χ3n) is 6.50. The highest BCUT2D eigenvalue weighted by Crippen LogP contribution is 2.30. The number of ether oxygens (including phenoxy) is 1. The summed E-state index contributed by atoms with van der Waals surface area (Å²) < 4.78 is 12.2. The SMILES string of the molecule is CCN1CCN(c2ccc3nc(-c4ccc(Cc5cc(Cl)ccc5OCC(C)C)o4)[nH]c3c2)CC1. The van der Waals surface area contributed by atoms with E-state index in [4.69, 9.17) is 25.7 Å². The number of aromatic nitrogens is 2. The molecule has 0 unspecified atom stereocenters. The van der Waals surface area contributed by atoms with Crippen molar-refractivity contribution >= 4 is 28.3 Å². The number of H-pyrrole nitrogens is 1. The first kappa shape index (κ1) is 23.8. The Morgan fingerprint density at radius 1 is 1.06 bits per heavy atom. The number of halogens is 1. The van der Waals surface area contributed by atoms with E-state index in [2.05, 4.69) is 53.8 Å². The normalized spacial score (nSPS) is 14.8. The van der Waals surface area contributed by atoms with Gasteiger partial charge in [0.25, 0.3) is 0 Å². The van der Waals surface area contributed by atoms with E-state index in [1.807, 2.05) is 30.3 Å². The Morgan fingerprint density at radius 3 is 2.66 bits per heavy atom. The molecule has 0 amide bonds. The first-order valence-electron chi connectivity index (χ1n) is 12.5. The Balaban J connectivity index is 1.33. The standard InChI is InChI=1S/C28H33ClN4O2/c1-4-32-11-13-33(14-12-32)22-6-8-24-25(17-22)31-28(30-24)27-10-7-23(35-27)16-20-15-21(29)5-9-26(20)34-18-19(2)3/h5-10,15,17,19H,4,11-14,16,18H2,1-3H3,(H,30,31). The van der Waals surface area contributed by atoms with Crippen LogP contribution in [0.1, 0.15) is 32.1 Å². The van der Waals surface area contributed by atoms with E-state index in [1.54, 1.807) is 0 Å². The second-order valence-corrected chi connectivity index (χ2v) is 10.0. The lowest BCUT2D eigenvalue weighted by Crippen LogP contribution is -2.46. The highest BCUT2D eigenvalue weighted by atomic mass is 35.5. The molecule has 1 saturated heterocycles. The molecular formula is C28H33ClN4O2. The van der Waals surface area contributed by atoms with Gasteiger partial charge < -0.3 is 23.9 Å². The molecule has 0 radical (unpaired) electrons. The van der Waals surface area contributed by atoms with Crippen LogP contribution in [0.4, 0.5) is 5.69 Å². The monoisotopic (exact) mass is 492 g/mol. The molecule has 0 saturated carbocycles. The summed E-state index contributed by atoms with van der Waals surface area (Å²) in [5, 5.41) is 0.688. The third kappa shape index (κ3) is 5.49. The van der Waals surface area contributed by atoms with Crippen LogP contribution in [0.2, 0.25) is 5.02 Å². The molecule has 3 heterocycles. The minimum Gasteiger partial charge on any atom is -0.493 e. The highest BCUT2D eigenvalue weighted by molar-refractivity contribution is 6.30. The van der Waals surface area contributed by atoms with Crippen molar-refractivity contribution < 1.29 is 9.15 Å². The van der Waals surface area contributed by atoms with Crippen molar-refractivity contribution in [2.45, 2.75) is 27.2 Å². The van der Waals surface area contributed by atoms with Gasteiger partial charge >= 0.3 is 0 Å². The van der Waals surface area contributed by atoms with Gasteiger partial charge in [-0.05, 0) is 61.0 Å². The van der Waals surface area contributed by atoms with Crippen LogP contribution in [0, 0.1) is 5.92 Å². The van der Waals surface area contributed by atoms with Gasteiger partial charge in [-0.2, -0.15) is 0 Å². The molecule has 0 spiro atoms. The second kappa shape index (κ2) is 10.3. The lowest BCUT2D eigenvalue weighted by molar-refractivity contribution is 0.268. The van der Waals surface area contributed by atoms with Crippen LogP contribution in [0.3, 0.4) is 0 Å². The number of aromatic amines is 1. The molecule has 6 nitrogen and oxygen atoms in total. The molecule has 7 heteroatoms. The number of hydrogen-bond donors (Lipinski definition) is 1. The molecular weight excluding hydrogens is 460 g/mol. The van der Waals surface area contributed by atoms with Crippen molar-refractivity contribution in [2.75, 3.05) is 44.2 Å². The lowest BCUT2D eigenvalue weighted by atomic mass is 10.1. The smallest absolute Gasteiger partial charge is 0.174 e. The molecule has 0 aliphatic carbocycles. The van der Waals surface area contributed by atoms with E-state index in [0.29, 0.717) is 24.0 Å². The van der Waals surface area contributed by atoms with Crippen LogP contribution >= 0.6 is 11.6 Å². The first-order valence-corrected chi connectivity index (χ1v) is 12.8. The largest absolute Gasteiger partial charge is 0.493 e. The Kier molecular flexibility index (Phi) is 7.02. The van der Waals surface area contributed by atoms with Crippen LogP contribution < -0.4 is 9.64 Å². The van der Waals surface area contributed by atoms with Crippen molar-refractivity contribution in [3.05, 3.63) is 64.9 Å². The lowest BCUT2D eigenvalue weighted by Gasteiger charge is -2.35. The van der Waals surface area contributed by atoms with Gasteiger partial charge in [0.15, 0.2) is 11.6 Å². The number of hydrogen-bond acceptors (Lipinski definition) is 5. The molecule has 5 rings (SSSR count). The predicted molar refractivity (Wildman–Crippen MR) is 143 cm³/mol. The molecule has 35 heavy (non-hydrogen) atoms. The molecule has 1 aliphatic rings. The van der Waals surface area contributed by atoms with Crippen LogP contribution in [0.15, 0.2) is 52.9 Å². The number of fused-ring (bicyclic) bond motifs is 1. The molecule has 2 aromatic heterocycles. The number of nitrogens with zero attached hydrogens (tertiary/aromatic N) is 3. The average molecular weight is 493 g/mol. The fourth-order valence-electron chi connectivity index (χ4n) is 4.50. The summed E-state index contributed by atoms with van der Waals surface area (Å²) in [5.74, 6) is 3.59. The van der Waals surface area contributed by atoms with E-state index in [0.717, 1.165) is 72.4 Å². The zero-order valence-corrected chi connectivity index (χ0v) is 21.4. The zero-order valence-electron chi connectivity index (χ0n) is 20.7. The van der Waals surface area contributed by atoms with Gasteiger partial charge in [0.2, 0.25) is 0 Å². The van der Waals surface area contributed by atoms with Crippen molar-refractivity contribution in [2.24, 2.45) is 5.92 Å². The summed E-state index contributed by atoms with van der Waals surface area (Å²) >= 11 is 6.27. The molecule has 1 aliphatic heterocycles. The number of piperazine rings is 1. The summed E-state index contributed by atoms with van der Waals surface area (Å²) in [6, 6.07) is 16.2.